The average Bonchev–Trinajstić information content (AvgIpc) is 2.37. The van der Waals surface area contributed by atoms with Gasteiger partial charge in [0.1, 0.15) is 5.82 Å². The van der Waals surface area contributed by atoms with Crippen molar-refractivity contribution < 1.29 is 19.2 Å². The van der Waals surface area contributed by atoms with Crippen molar-refractivity contribution >= 4 is 11.6 Å². The van der Waals surface area contributed by atoms with Gasteiger partial charge in [0.05, 0.1) is 16.6 Å². The van der Waals surface area contributed by atoms with Gasteiger partial charge in [-0.2, -0.15) is 0 Å². The Balaban J connectivity index is 2.95. The number of nitrogens with one attached hydrogen (secondary N) is 1. The molecule has 8 heteroatoms. The summed E-state index contributed by atoms with van der Waals surface area (Å²) in [5, 5.41) is 22.2. The Kier molecular flexibility index (Phi) is 5.12. The molecule has 0 radical (unpaired) electrons. The second-order valence-electron chi connectivity index (χ2n) is 4.50. The van der Waals surface area contributed by atoms with Crippen molar-refractivity contribution in [1.29, 1.82) is 0 Å². The van der Waals surface area contributed by atoms with Crippen LogP contribution in [0.4, 0.5) is 10.1 Å². The van der Waals surface area contributed by atoms with Crippen molar-refractivity contribution in [3.05, 3.63) is 39.2 Å². The molecule has 0 heterocycles. The van der Waals surface area contributed by atoms with Crippen LogP contribution in [-0.2, 0) is 0 Å². The number of hydrogen-bond donors (Lipinski definition) is 3. The quantitative estimate of drug-likeness (QED) is 0.537. The highest BCUT2D eigenvalue weighted by Gasteiger charge is 2.20. The van der Waals surface area contributed by atoms with Crippen LogP contribution in [0.1, 0.15) is 22.8 Å². The van der Waals surface area contributed by atoms with Gasteiger partial charge in [0, 0.05) is 24.7 Å². The summed E-state index contributed by atoms with van der Waals surface area (Å²) in [6, 6.07) is 1.21. The Bertz CT molecular complexity index is 534. The minimum absolute atomic E-state index is 0.00387. The van der Waals surface area contributed by atoms with Crippen LogP contribution < -0.4 is 11.1 Å². The number of carbonyl (C=O) groups is 1. The molecule has 20 heavy (non-hydrogen) atoms. The first-order valence-corrected chi connectivity index (χ1v) is 5.90. The van der Waals surface area contributed by atoms with Crippen LogP contribution in [0, 0.1) is 22.9 Å². The Morgan fingerprint density at radius 1 is 1.60 bits per heavy atom. The molecule has 0 fully saturated rings. The van der Waals surface area contributed by atoms with E-state index in [9.17, 15) is 24.4 Å². The lowest BCUT2D eigenvalue weighted by atomic mass is 10.1. The van der Waals surface area contributed by atoms with Crippen molar-refractivity contribution in [2.24, 2.45) is 5.73 Å². The average molecular weight is 285 g/mol. The van der Waals surface area contributed by atoms with Crippen LogP contribution in [-0.4, -0.2) is 34.6 Å². The first kappa shape index (κ1) is 16.0. The fraction of sp³-hybridized carbons (Fsp3) is 0.417. The van der Waals surface area contributed by atoms with E-state index in [2.05, 4.69) is 5.32 Å². The lowest BCUT2D eigenvalue weighted by Gasteiger charge is -2.15. The predicted octanol–water partition coefficient (Wildman–Crippen LogP) is 0.480. The molecule has 1 amide bonds. The van der Waals surface area contributed by atoms with Crippen LogP contribution in [0.25, 0.3) is 0 Å². The smallest absolute Gasteiger partial charge is 0.270 e. The van der Waals surface area contributed by atoms with Gasteiger partial charge in [0.25, 0.3) is 11.6 Å². The fourth-order valence-corrected chi connectivity index (χ4v) is 1.50. The van der Waals surface area contributed by atoms with Crippen LogP contribution >= 0.6 is 0 Å². The van der Waals surface area contributed by atoms with E-state index in [4.69, 9.17) is 5.73 Å². The minimum Gasteiger partial charge on any atom is -0.392 e. The highest BCUT2D eigenvalue weighted by molar-refractivity contribution is 5.95. The zero-order valence-corrected chi connectivity index (χ0v) is 11.1. The molecule has 0 spiro atoms. The minimum atomic E-state index is -0.841. The summed E-state index contributed by atoms with van der Waals surface area (Å²) < 4.78 is 13.8. The van der Waals surface area contributed by atoms with E-state index in [-0.39, 0.29) is 17.8 Å². The SMILES string of the molecule is Cc1cc([N+](=O)[O-])cc(C(=O)NCC(N)C(C)O)c1F. The number of halogens is 1. The highest BCUT2D eigenvalue weighted by atomic mass is 19.1. The molecule has 7 nitrogen and oxygen atoms in total. The summed E-state index contributed by atoms with van der Waals surface area (Å²) in [4.78, 5) is 21.8. The van der Waals surface area contributed by atoms with E-state index < -0.39 is 34.4 Å². The molecule has 110 valence electrons. The van der Waals surface area contributed by atoms with Crippen LogP contribution in [0.3, 0.4) is 0 Å². The Labute approximate surface area is 114 Å². The molecule has 2 atom stereocenters. The van der Waals surface area contributed by atoms with Crippen LogP contribution in [0.5, 0.6) is 0 Å². The number of aliphatic hydroxyl groups excluding tert-OH is 1. The molecule has 0 saturated heterocycles. The molecule has 1 aromatic rings. The van der Waals surface area contributed by atoms with E-state index in [1.54, 1.807) is 0 Å². The lowest BCUT2D eigenvalue weighted by molar-refractivity contribution is -0.385. The standard InChI is InChI=1S/C12H16FN3O4/c1-6-3-8(16(19)20)4-9(11(6)13)12(18)15-5-10(14)7(2)17/h3-4,7,10,17H,5,14H2,1-2H3,(H,15,18). The number of nitro groups is 1. The van der Waals surface area contributed by atoms with Gasteiger partial charge < -0.3 is 16.2 Å². The second-order valence-corrected chi connectivity index (χ2v) is 4.50. The number of benzene rings is 1. The van der Waals surface area contributed by atoms with E-state index in [0.29, 0.717) is 0 Å². The van der Waals surface area contributed by atoms with Crippen LogP contribution in [0.2, 0.25) is 0 Å². The Morgan fingerprint density at radius 2 is 2.20 bits per heavy atom. The first-order chi connectivity index (χ1) is 9.23. The third-order valence-electron chi connectivity index (χ3n) is 2.81. The molecule has 4 N–H and O–H groups in total. The van der Waals surface area contributed by atoms with E-state index in [1.165, 1.54) is 13.8 Å². The molecule has 0 saturated carbocycles. The molecule has 0 bridgehead atoms. The summed E-state index contributed by atoms with van der Waals surface area (Å²) in [5.74, 6) is -1.64. The van der Waals surface area contributed by atoms with Gasteiger partial charge in [-0.15, -0.1) is 0 Å². The molecule has 0 aromatic heterocycles. The monoisotopic (exact) mass is 285 g/mol. The van der Waals surface area contributed by atoms with E-state index >= 15 is 0 Å². The van der Waals surface area contributed by atoms with Crippen LogP contribution in [0.15, 0.2) is 12.1 Å². The zero-order chi connectivity index (χ0) is 15.4. The number of aliphatic hydroxyl groups is 1. The van der Waals surface area contributed by atoms with Gasteiger partial charge in [-0.25, -0.2) is 4.39 Å². The third kappa shape index (κ3) is 3.72. The van der Waals surface area contributed by atoms with Crippen molar-refractivity contribution in [3.8, 4) is 0 Å². The molecular formula is C12H16FN3O4. The predicted molar refractivity (Wildman–Crippen MR) is 69.8 cm³/mol. The number of aryl methyl sites for hydroxylation is 1. The number of nitrogens with two attached hydrogens (primary N) is 1. The highest BCUT2D eigenvalue weighted by Crippen LogP contribution is 2.20. The summed E-state index contributed by atoms with van der Waals surface area (Å²) >= 11 is 0. The zero-order valence-electron chi connectivity index (χ0n) is 11.1. The maximum Gasteiger partial charge on any atom is 0.270 e. The molecule has 2 unspecified atom stereocenters. The summed E-state index contributed by atoms with van der Waals surface area (Å²) in [6.45, 7) is 2.72. The molecular weight excluding hydrogens is 269 g/mol. The third-order valence-corrected chi connectivity index (χ3v) is 2.81. The number of rotatable bonds is 5. The number of nitro benzene ring substituents is 1. The maximum atomic E-state index is 13.8. The van der Waals surface area contributed by atoms with Gasteiger partial charge in [0.15, 0.2) is 0 Å². The van der Waals surface area contributed by atoms with Gasteiger partial charge in [-0.1, -0.05) is 0 Å². The lowest BCUT2D eigenvalue weighted by Crippen LogP contribution is -2.43. The summed E-state index contributed by atoms with van der Waals surface area (Å²) in [7, 11) is 0. The molecule has 1 aromatic carbocycles. The number of nitrogens with zero attached hydrogens (tertiary/aromatic N) is 1. The fourth-order valence-electron chi connectivity index (χ4n) is 1.50. The van der Waals surface area contributed by atoms with Crippen molar-refractivity contribution in [2.75, 3.05) is 6.54 Å². The van der Waals surface area contributed by atoms with Gasteiger partial charge >= 0.3 is 0 Å². The Morgan fingerprint density at radius 3 is 2.70 bits per heavy atom. The van der Waals surface area contributed by atoms with Gasteiger partial charge in [-0.05, 0) is 19.4 Å². The summed E-state index contributed by atoms with van der Waals surface area (Å²) in [6.07, 6.45) is -0.841. The van der Waals surface area contributed by atoms with Gasteiger partial charge in [-0.3, -0.25) is 14.9 Å². The largest absolute Gasteiger partial charge is 0.392 e. The summed E-state index contributed by atoms with van der Waals surface area (Å²) in [5.41, 5.74) is 4.74. The van der Waals surface area contributed by atoms with Crippen molar-refractivity contribution in [3.63, 3.8) is 0 Å². The van der Waals surface area contributed by atoms with Crippen molar-refractivity contribution in [1.82, 2.24) is 5.32 Å². The van der Waals surface area contributed by atoms with E-state index in [1.807, 2.05) is 0 Å². The van der Waals surface area contributed by atoms with Crippen molar-refractivity contribution in [2.45, 2.75) is 26.0 Å². The first-order valence-electron chi connectivity index (χ1n) is 5.90. The topological polar surface area (TPSA) is 118 Å². The number of non-ortho nitro benzene ring substituents is 1. The molecule has 0 aliphatic rings. The maximum absolute atomic E-state index is 13.8. The Hall–Kier alpha value is -2.06. The number of carbonyl (C=O) groups excluding carboxylic acids is 1. The van der Waals surface area contributed by atoms with Gasteiger partial charge in [0.2, 0.25) is 0 Å². The molecule has 0 aliphatic heterocycles. The number of amides is 1. The molecule has 1 rings (SSSR count). The normalized spacial score (nSPS) is 13.7. The van der Waals surface area contributed by atoms with E-state index in [0.717, 1.165) is 12.1 Å². The number of hydrogen-bond acceptors (Lipinski definition) is 5. The second kappa shape index (κ2) is 6.40. The molecule has 0 aliphatic carbocycles.